The van der Waals surface area contributed by atoms with Gasteiger partial charge in [-0.1, -0.05) is 25.1 Å². The zero-order chi connectivity index (χ0) is 12.7. The molecule has 92 valence electrons. The van der Waals surface area contributed by atoms with Crippen LogP contribution in [0.4, 0.5) is 0 Å². The molecule has 1 N–H and O–H groups in total. The summed E-state index contributed by atoms with van der Waals surface area (Å²) in [7, 11) is 0. The maximum Gasteiger partial charge on any atom is 0.261 e. The van der Waals surface area contributed by atoms with Gasteiger partial charge in [-0.3, -0.25) is 4.79 Å². The van der Waals surface area contributed by atoms with Crippen LogP contribution in [0, 0.1) is 0 Å². The standard InChI is InChI=1S/C14H19NO2/c1-4-10-15-14(16)11(3)17-13-8-6-12(5-2)7-9-13/h4,6-9,11H,1,5,10H2,2-3H3,(H,15,16). The van der Waals surface area contributed by atoms with Crippen molar-refractivity contribution in [3.8, 4) is 5.75 Å². The van der Waals surface area contributed by atoms with Gasteiger partial charge in [0.1, 0.15) is 5.75 Å². The Morgan fingerprint density at radius 1 is 1.47 bits per heavy atom. The Bertz CT molecular complexity index is 370. The molecular formula is C14H19NO2. The highest BCUT2D eigenvalue weighted by molar-refractivity contribution is 5.80. The van der Waals surface area contributed by atoms with E-state index in [0.717, 1.165) is 6.42 Å². The topological polar surface area (TPSA) is 38.3 Å². The Balaban J connectivity index is 2.51. The van der Waals surface area contributed by atoms with Crippen LogP contribution in [0.3, 0.4) is 0 Å². The van der Waals surface area contributed by atoms with E-state index in [1.165, 1.54) is 5.56 Å². The van der Waals surface area contributed by atoms with E-state index in [1.54, 1.807) is 13.0 Å². The number of hydrogen-bond donors (Lipinski definition) is 1. The highest BCUT2D eigenvalue weighted by Gasteiger charge is 2.13. The molecule has 1 amide bonds. The lowest BCUT2D eigenvalue weighted by molar-refractivity contribution is -0.127. The van der Waals surface area contributed by atoms with Crippen molar-refractivity contribution in [3.05, 3.63) is 42.5 Å². The van der Waals surface area contributed by atoms with Gasteiger partial charge in [0.25, 0.3) is 5.91 Å². The smallest absolute Gasteiger partial charge is 0.261 e. The van der Waals surface area contributed by atoms with Crippen LogP contribution in [-0.4, -0.2) is 18.6 Å². The average molecular weight is 233 g/mol. The van der Waals surface area contributed by atoms with Gasteiger partial charge in [-0.15, -0.1) is 6.58 Å². The van der Waals surface area contributed by atoms with Crippen LogP contribution in [0.1, 0.15) is 19.4 Å². The quantitative estimate of drug-likeness (QED) is 0.766. The zero-order valence-electron chi connectivity index (χ0n) is 10.4. The number of benzene rings is 1. The summed E-state index contributed by atoms with van der Waals surface area (Å²) in [5.74, 6) is 0.577. The summed E-state index contributed by atoms with van der Waals surface area (Å²) >= 11 is 0. The molecule has 0 bridgehead atoms. The van der Waals surface area contributed by atoms with E-state index in [1.807, 2.05) is 24.3 Å². The van der Waals surface area contributed by atoms with E-state index in [4.69, 9.17) is 4.74 Å². The number of rotatable bonds is 6. The van der Waals surface area contributed by atoms with Crippen molar-refractivity contribution in [2.75, 3.05) is 6.54 Å². The molecule has 1 unspecified atom stereocenters. The third kappa shape index (κ3) is 4.31. The lowest BCUT2D eigenvalue weighted by Crippen LogP contribution is -2.36. The molecule has 0 saturated heterocycles. The second-order valence-corrected chi connectivity index (χ2v) is 3.79. The van der Waals surface area contributed by atoms with E-state index in [-0.39, 0.29) is 5.91 Å². The fraction of sp³-hybridized carbons (Fsp3) is 0.357. The molecule has 17 heavy (non-hydrogen) atoms. The van der Waals surface area contributed by atoms with Crippen LogP contribution < -0.4 is 10.1 Å². The lowest BCUT2D eigenvalue weighted by Gasteiger charge is -2.14. The summed E-state index contributed by atoms with van der Waals surface area (Å²) in [5, 5.41) is 2.69. The Morgan fingerprint density at radius 2 is 2.12 bits per heavy atom. The number of ether oxygens (including phenoxy) is 1. The van der Waals surface area contributed by atoms with Crippen molar-refractivity contribution < 1.29 is 9.53 Å². The summed E-state index contributed by atoms with van der Waals surface area (Å²) in [6.07, 6.45) is 2.14. The van der Waals surface area contributed by atoms with E-state index in [2.05, 4.69) is 18.8 Å². The van der Waals surface area contributed by atoms with Gasteiger partial charge < -0.3 is 10.1 Å². The Kier molecular flexibility index (Phi) is 5.27. The maximum absolute atomic E-state index is 11.5. The molecule has 0 aliphatic rings. The molecule has 0 aromatic heterocycles. The van der Waals surface area contributed by atoms with Crippen LogP contribution in [0.2, 0.25) is 0 Å². The van der Waals surface area contributed by atoms with Crippen molar-refractivity contribution in [1.82, 2.24) is 5.32 Å². The number of carbonyl (C=O) groups is 1. The molecule has 1 aromatic carbocycles. The molecule has 3 heteroatoms. The van der Waals surface area contributed by atoms with E-state index in [9.17, 15) is 4.79 Å². The molecule has 0 fully saturated rings. The first-order valence-corrected chi connectivity index (χ1v) is 5.81. The molecule has 0 radical (unpaired) electrons. The second-order valence-electron chi connectivity index (χ2n) is 3.79. The third-order valence-electron chi connectivity index (χ3n) is 2.43. The minimum absolute atomic E-state index is 0.135. The summed E-state index contributed by atoms with van der Waals surface area (Å²) < 4.78 is 5.53. The van der Waals surface area contributed by atoms with Crippen molar-refractivity contribution in [3.63, 3.8) is 0 Å². The SMILES string of the molecule is C=CCNC(=O)C(C)Oc1ccc(CC)cc1. The molecular weight excluding hydrogens is 214 g/mol. The molecule has 1 rings (SSSR count). The first-order chi connectivity index (χ1) is 8.17. The van der Waals surface area contributed by atoms with Gasteiger partial charge in [0, 0.05) is 6.54 Å². The third-order valence-corrected chi connectivity index (χ3v) is 2.43. The van der Waals surface area contributed by atoms with Crippen molar-refractivity contribution >= 4 is 5.91 Å². The van der Waals surface area contributed by atoms with Crippen LogP contribution >= 0.6 is 0 Å². The highest BCUT2D eigenvalue weighted by atomic mass is 16.5. The minimum atomic E-state index is -0.498. The van der Waals surface area contributed by atoms with Gasteiger partial charge >= 0.3 is 0 Å². The normalized spacial score (nSPS) is 11.6. The fourth-order valence-electron chi connectivity index (χ4n) is 1.38. The molecule has 3 nitrogen and oxygen atoms in total. The Morgan fingerprint density at radius 3 is 2.65 bits per heavy atom. The monoisotopic (exact) mass is 233 g/mol. The number of nitrogens with one attached hydrogen (secondary N) is 1. The maximum atomic E-state index is 11.5. The van der Waals surface area contributed by atoms with Gasteiger partial charge in [-0.2, -0.15) is 0 Å². The van der Waals surface area contributed by atoms with Crippen LogP contribution in [0.15, 0.2) is 36.9 Å². The van der Waals surface area contributed by atoms with Gasteiger partial charge in [0.2, 0.25) is 0 Å². The molecule has 1 aromatic rings. The first-order valence-electron chi connectivity index (χ1n) is 5.81. The summed E-state index contributed by atoms with van der Waals surface area (Å²) in [6, 6.07) is 7.78. The van der Waals surface area contributed by atoms with E-state index < -0.39 is 6.10 Å². The summed E-state index contributed by atoms with van der Waals surface area (Å²) in [4.78, 5) is 11.5. The number of carbonyl (C=O) groups excluding carboxylic acids is 1. The van der Waals surface area contributed by atoms with Crippen LogP contribution in [-0.2, 0) is 11.2 Å². The largest absolute Gasteiger partial charge is 0.481 e. The number of amides is 1. The lowest BCUT2D eigenvalue weighted by atomic mass is 10.2. The fourth-order valence-corrected chi connectivity index (χ4v) is 1.38. The Labute approximate surface area is 102 Å². The zero-order valence-corrected chi connectivity index (χ0v) is 10.4. The Hall–Kier alpha value is -1.77. The molecule has 0 saturated carbocycles. The average Bonchev–Trinajstić information content (AvgIpc) is 2.36. The number of aryl methyl sites for hydroxylation is 1. The first kappa shape index (κ1) is 13.3. The molecule has 0 aliphatic heterocycles. The molecule has 0 heterocycles. The molecule has 0 spiro atoms. The van der Waals surface area contributed by atoms with E-state index >= 15 is 0 Å². The van der Waals surface area contributed by atoms with Gasteiger partial charge in [-0.05, 0) is 31.0 Å². The van der Waals surface area contributed by atoms with Crippen molar-refractivity contribution in [2.24, 2.45) is 0 Å². The predicted octanol–water partition coefficient (Wildman–Crippen LogP) is 2.32. The summed E-state index contributed by atoms with van der Waals surface area (Å²) in [6.45, 7) is 7.83. The summed E-state index contributed by atoms with van der Waals surface area (Å²) in [5.41, 5.74) is 1.25. The minimum Gasteiger partial charge on any atom is -0.481 e. The van der Waals surface area contributed by atoms with Gasteiger partial charge in [-0.25, -0.2) is 0 Å². The van der Waals surface area contributed by atoms with Crippen molar-refractivity contribution in [1.29, 1.82) is 0 Å². The van der Waals surface area contributed by atoms with E-state index in [0.29, 0.717) is 12.3 Å². The number of hydrogen-bond acceptors (Lipinski definition) is 2. The van der Waals surface area contributed by atoms with Crippen molar-refractivity contribution in [2.45, 2.75) is 26.4 Å². The van der Waals surface area contributed by atoms with Crippen LogP contribution in [0.5, 0.6) is 5.75 Å². The second kappa shape index (κ2) is 6.74. The molecule has 1 atom stereocenters. The molecule has 0 aliphatic carbocycles. The van der Waals surface area contributed by atoms with Gasteiger partial charge in [0.15, 0.2) is 6.10 Å². The predicted molar refractivity (Wildman–Crippen MR) is 69.1 cm³/mol. The van der Waals surface area contributed by atoms with Gasteiger partial charge in [0.05, 0.1) is 0 Å². The highest BCUT2D eigenvalue weighted by Crippen LogP contribution is 2.14. The van der Waals surface area contributed by atoms with Crippen LogP contribution in [0.25, 0.3) is 0 Å².